The molecule has 3 heterocycles. The van der Waals surface area contributed by atoms with Crippen LogP contribution in [0, 0.1) is 0 Å². The largest absolute Gasteiger partial charge is 0.445 e. The van der Waals surface area contributed by atoms with Gasteiger partial charge >= 0.3 is 0 Å². The fraction of sp³-hybridized carbons (Fsp3) is 0.280. The molecule has 1 amide bonds. The number of fused-ring (bicyclic) bond motifs is 1. The van der Waals surface area contributed by atoms with Gasteiger partial charge in [0.25, 0.3) is 5.56 Å². The average Bonchev–Trinajstić information content (AvgIpc) is 3.31. The molecule has 0 radical (unpaired) electrons. The first-order chi connectivity index (χ1) is 16.1. The summed E-state index contributed by atoms with van der Waals surface area (Å²) in [4.78, 5) is 31.9. The number of halogens is 1. The molecule has 2 aromatic carbocycles. The fourth-order valence-corrected chi connectivity index (χ4v) is 4.40. The first kappa shape index (κ1) is 21.4. The maximum absolute atomic E-state index is 13.0. The quantitative estimate of drug-likeness (QED) is 0.447. The van der Waals surface area contributed by atoms with Crippen LogP contribution in [0.2, 0.25) is 5.02 Å². The van der Waals surface area contributed by atoms with Gasteiger partial charge in [-0.1, -0.05) is 41.9 Å². The second-order valence-electron chi connectivity index (χ2n) is 8.34. The molecule has 0 unspecified atom stereocenters. The summed E-state index contributed by atoms with van der Waals surface area (Å²) in [5.41, 5.74) is 0.838. The van der Waals surface area contributed by atoms with Gasteiger partial charge in [0.15, 0.2) is 5.89 Å². The zero-order valence-electron chi connectivity index (χ0n) is 18.0. The number of hydrogen-bond acceptors (Lipinski definition) is 5. The third kappa shape index (κ3) is 4.68. The van der Waals surface area contributed by atoms with E-state index in [1.54, 1.807) is 23.4 Å². The van der Waals surface area contributed by atoms with Crippen molar-refractivity contribution in [2.75, 3.05) is 13.1 Å². The van der Waals surface area contributed by atoms with E-state index < -0.39 is 0 Å². The Labute approximate surface area is 195 Å². The van der Waals surface area contributed by atoms with E-state index in [0.717, 1.165) is 29.6 Å². The third-order valence-corrected chi connectivity index (χ3v) is 6.29. The molecule has 1 atom stereocenters. The second kappa shape index (κ2) is 9.19. The summed E-state index contributed by atoms with van der Waals surface area (Å²) in [6.45, 7) is 1.09. The van der Waals surface area contributed by atoms with E-state index in [1.807, 2.05) is 42.5 Å². The van der Waals surface area contributed by atoms with Crippen LogP contribution in [0.15, 0.2) is 70.1 Å². The molecule has 1 aliphatic heterocycles. The van der Waals surface area contributed by atoms with E-state index in [-0.39, 0.29) is 23.9 Å². The number of aromatic nitrogens is 3. The molecule has 4 aromatic rings. The normalized spacial score (nSPS) is 16.3. The molecular formula is C25H23ClN4O3. The van der Waals surface area contributed by atoms with Crippen molar-refractivity contribution in [1.82, 2.24) is 19.7 Å². The molecule has 0 bridgehead atoms. The number of carbonyl (C=O) groups excluding carboxylic acids is 1. The summed E-state index contributed by atoms with van der Waals surface area (Å²) < 4.78 is 7.26. The Morgan fingerprint density at radius 1 is 1.12 bits per heavy atom. The fourth-order valence-electron chi connectivity index (χ4n) is 4.27. The lowest BCUT2D eigenvalue weighted by atomic mass is 9.98. The number of rotatable bonds is 5. The van der Waals surface area contributed by atoms with Crippen LogP contribution in [-0.4, -0.2) is 38.7 Å². The highest BCUT2D eigenvalue weighted by Gasteiger charge is 2.28. The number of amides is 1. The Morgan fingerprint density at radius 2 is 1.94 bits per heavy atom. The van der Waals surface area contributed by atoms with Crippen LogP contribution in [0.4, 0.5) is 0 Å². The minimum atomic E-state index is -0.255. The molecule has 7 nitrogen and oxygen atoms in total. The number of nitrogens with zero attached hydrogens (tertiary/aromatic N) is 4. The predicted molar refractivity (Wildman–Crippen MR) is 125 cm³/mol. The van der Waals surface area contributed by atoms with Gasteiger partial charge in [0, 0.05) is 29.9 Å². The molecule has 0 spiro atoms. The van der Waals surface area contributed by atoms with Gasteiger partial charge in [0.2, 0.25) is 5.91 Å². The number of piperidine rings is 1. The van der Waals surface area contributed by atoms with Crippen LogP contribution >= 0.6 is 11.6 Å². The molecule has 1 aliphatic rings. The topological polar surface area (TPSA) is 81.2 Å². The molecule has 0 N–H and O–H groups in total. The van der Waals surface area contributed by atoms with Crippen LogP contribution in [0.1, 0.15) is 36.0 Å². The van der Waals surface area contributed by atoms with Crippen molar-refractivity contribution >= 4 is 28.3 Å². The van der Waals surface area contributed by atoms with Gasteiger partial charge < -0.3 is 9.32 Å². The van der Waals surface area contributed by atoms with Crippen LogP contribution in [-0.2, 0) is 17.8 Å². The minimum absolute atomic E-state index is 0.0305. The lowest BCUT2D eigenvalue weighted by Crippen LogP contribution is -2.42. The smallest absolute Gasteiger partial charge is 0.275 e. The van der Waals surface area contributed by atoms with Gasteiger partial charge in [-0.2, -0.15) is 5.10 Å². The van der Waals surface area contributed by atoms with Crippen molar-refractivity contribution < 1.29 is 9.21 Å². The number of carbonyl (C=O) groups is 1. The highest BCUT2D eigenvalue weighted by molar-refractivity contribution is 6.30. The van der Waals surface area contributed by atoms with Gasteiger partial charge in [0.1, 0.15) is 12.3 Å². The number of benzene rings is 2. The van der Waals surface area contributed by atoms with Crippen LogP contribution in [0.5, 0.6) is 0 Å². The standard InChI is InChI=1S/C25H23ClN4O3/c26-20-9-7-17(8-10-20)12-21-14-27-24(33-21)19-5-3-11-29(15-19)23(31)16-30-25(32)22-6-2-1-4-18(22)13-28-30/h1-2,4,6-10,13-14,19H,3,5,11-12,15-16H2/t19-/m1/s1. The molecule has 8 heteroatoms. The molecule has 168 valence electrons. The van der Waals surface area contributed by atoms with Crippen LogP contribution in [0.3, 0.4) is 0 Å². The van der Waals surface area contributed by atoms with Crippen molar-refractivity contribution in [1.29, 1.82) is 0 Å². The van der Waals surface area contributed by atoms with Crippen molar-refractivity contribution in [2.24, 2.45) is 0 Å². The molecule has 5 rings (SSSR count). The lowest BCUT2D eigenvalue weighted by Gasteiger charge is -2.31. The average molecular weight is 463 g/mol. The Balaban J connectivity index is 1.26. The van der Waals surface area contributed by atoms with E-state index in [1.165, 1.54) is 4.68 Å². The summed E-state index contributed by atoms with van der Waals surface area (Å²) >= 11 is 5.95. The van der Waals surface area contributed by atoms with Gasteiger partial charge in [-0.15, -0.1) is 0 Å². The van der Waals surface area contributed by atoms with E-state index >= 15 is 0 Å². The van der Waals surface area contributed by atoms with Crippen molar-refractivity contribution in [2.45, 2.75) is 31.7 Å². The van der Waals surface area contributed by atoms with Crippen LogP contribution in [0.25, 0.3) is 10.8 Å². The summed E-state index contributed by atoms with van der Waals surface area (Å²) in [6.07, 6.45) is 5.77. The maximum atomic E-state index is 13.0. The van der Waals surface area contributed by atoms with E-state index in [0.29, 0.717) is 35.8 Å². The van der Waals surface area contributed by atoms with E-state index in [9.17, 15) is 9.59 Å². The maximum Gasteiger partial charge on any atom is 0.275 e. The Bertz CT molecular complexity index is 1350. The SMILES string of the molecule is O=C(Cn1ncc2ccccc2c1=O)N1CCC[C@@H](c2ncc(Cc3ccc(Cl)cc3)o2)C1. The number of likely N-dealkylation sites (tertiary alicyclic amines) is 1. The third-order valence-electron chi connectivity index (χ3n) is 6.03. The summed E-state index contributed by atoms with van der Waals surface area (Å²) in [5.74, 6) is 1.33. The van der Waals surface area contributed by atoms with E-state index in [2.05, 4.69) is 10.1 Å². The monoisotopic (exact) mass is 462 g/mol. The molecule has 33 heavy (non-hydrogen) atoms. The summed E-state index contributed by atoms with van der Waals surface area (Å²) in [6, 6.07) is 14.9. The first-order valence-electron chi connectivity index (χ1n) is 11.0. The molecule has 1 saturated heterocycles. The lowest BCUT2D eigenvalue weighted by molar-refractivity contribution is -0.133. The first-order valence-corrected chi connectivity index (χ1v) is 11.4. The van der Waals surface area contributed by atoms with Gasteiger partial charge in [-0.25, -0.2) is 9.67 Å². The molecule has 0 aliphatic carbocycles. The number of oxazole rings is 1. The minimum Gasteiger partial charge on any atom is -0.445 e. The zero-order valence-corrected chi connectivity index (χ0v) is 18.7. The Hall–Kier alpha value is -3.45. The van der Waals surface area contributed by atoms with Crippen LogP contribution < -0.4 is 5.56 Å². The second-order valence-corrected chi connectivity index (χ2v) is 8.78. The zero-order chi connectivity index (χ0) is 22.8. The van der Waals surface area contributed by atoms with Gasteiger partial charge in [0.05, 0.1) is 23.7 Å². The molecule has 1 fully saturated rings. The molecule has 0 saturated carbocycles. The van der Waals surface area contributed by atoms with Crippen molar-refractivity contribution in [3.05, 3.63) is 93.5 Å². The summed E-state index contributed by atoms with van der Waals surface area (Å²) in [7, 11) is 0. The number of hydrogen-bond donors (Lipinski definition) is 0. The summed E-state index contributed by atoms with van der Waals surface area (Å²) in [5, 5.41) is 6.21. The highest BCUT2D eigenvalue weighted by Crippen LogP contribution is 2.27. The predicted octanol–water partition coefficient (Wildman–Crippen LogP) is 4.03. The highest BCUT2D eigenvalue weighted by atomic mass is 35.5. The van der Waals surface area contributed by atoms with Crippen molar-refractivity contribution in [3.8, 4) is 0 Å². The van der Waals surface area contributed by atoms with Gasteiger partial charge in [-0.3, -0.25) is 9.59 Å². The Kier molecular flexibility index (Phi) is 5.96. The molecule has 2 aromatic heterocycles. The molecular weight excluding hydrogens is 440 g/mol. The van der Waals surface area contributed by atoms with E-state index in [4.69, 9.17) is 16.0 Å². The van der Waals surface area contributed by atoms with Gasteiger partial charge in [-0.05, 0) is 36.6 Å². The van der Waals surface area contributed by atoms with Crippen molar-refractivity contribution in [3.63, 3.8) is 0 Å². The Morgan fingerprint density at radius 3 is 2.79 bits per heavy atom.